The maximum Gasteiger partial charge on any atom is 0.252 e. The van der Waals surface area contributed by atoms with Gasteiger partial charge in [0.05, 0.1) is 11.3 Å². The van der Waals surface area contributed by atoms with Gasteiger partial charge in [-0.2, -0.15) is 0 Å². The number of hydrogen-bond acceptors (Lipinski definition) is 5. The largest absolute Gasteiger partial charge is 0.361 e. The molecule has 0 saturated heterocycles. The van der Waals surface area contributed by atoms with Crippen LogP contribution in [-0.2, 0) is 5.75 Å². The van der Waals surface area contributed by atoms with E-state index in [4.69, 9.17) is 4.52 Å². The van der Waals surface area contributed by atoms with Crippen molar-refractivity contribution in [2.45, 2.75) is 24.5 Å². The van der Waals surface area contributed by atoms with Crippen molar-refractivity contribution in [2.75, 3.05) is 20.1 Å². The molecule has 0 unspecified atom stereocenters. The summed E-state index contributed by atoms with van der Waals surface area (Å²) in [6, 6.07) is 7.65. The second kappa shape index (κ2) is 8.00. The number of nitrogens with zero attached hydrogens (tertiary/aromatic N) is 1. The van der Waals surface area contributed by atoms with Gasteiger partial charge in [-0.15, -0.1) is 11.8 Å². The molecule has 0 atom stereocenters. The number of nitrogens with one attached hydrogen (secondary N) is 2. The van der Waals surface area contributed by atoms with E-state index in [1.807, 2.05) is 45.2 Å². The Hall–Kier alpha value is -1.79. The van der Waals surface area contributed by atoms with Crippen LogP contribution in [0.2, 0.25) is 0 Å². The van der Waals surface area contributed by atoms with Crippen LogP contribution in [0.25, 0.3) is 0 Å². The van der Waals surface area contributed by atoms with Gasteiger partial charge >= 0.3 is 0 Å². The standard InChI is InChI=1S/C16H21N3O2S/c1-11-14(12(2)21-19-11)10-22-15-7-5-4-6-13(15)16(20)18-9-8-17-3/h4-7,17H,8-10H2,1-3H3,(H,18,20). The van der Waals surface area contributed by atoms with Crippen LogP contribution in [-0.4, -0.2) is 31.2 Å². The highest BCUT2D eigenvalue weighted by Gasteiger charge is 2.13. The zero-order valence-electron chi connectivity index (χ0n) is 13.1. The van der Waals surface area contributed by atoms with Crippen LogP contribution in [0.4, 0.5) is 0 Å². The summed E-state index contributed by atoms with van der Waals surface area (Å²) in [5, 5.41) is 9.88. The molecule has 2 N–H and O–H groups in total. The van der Waals surface area contributed by atoms with Crippen molar-refractivity contribution in [3.63, 3.8) is 0 Å². The van der Waals surface area contributed by atoms with Crippen LogP contribution in [0.3, 0.4) is 0 Å². The Morgan fingerprint density at radius 1 is 1.27 bits per heavy atom. The van der Waals surface area contributed by atoms with Gasteiger partial charge in [-0.3, -0.25) is 4.79 Å². The molecule has 1 aromatic heterocycles. The third-order valence-corrected chi connectivity index (χ3v) is 4.45. The molecule has 1 amide bonds. The van der Waals surface area contributed by atoms with E-state index < -0.39 is 0 Å². The minimum absolute atomic E-state index is 0.0443. The summed E-state index contributed by atoms with van der Waals surface area (Å²) < 4.78 is 5.18. The molecule has 118 valence electrons. The lowest BCUT2D eigenvalue weighted by molar-refractivity contribution is 0.0951. The topological polar surface area (TPSA) is 67.2 Å². The van der Waals surface area contributed by atoms with Crippen molar-refractivity contribution in [3.8, 4) is 0 Å². The molecule has 5 nitrogen and oxygen atoms in total. The van der Waals surface area contributed by atoms with Crippen LogP contribution in [0.15, 0.2) is 33.7 Å². The molecule has 22 heavy (non-hydrogen) atoms. The lowest BCUT2D eigenvalue weighted by atomic mass is 10.2. The van der Waals surface area contributed by atoms with Gasteiger partial charge < -0.3 is 15.2 Å². The van der Waals surface area contributed by atoms with E-state index in [9.17, 15) is 4.79 Å². The molecule has 0 fully saturated rings. The molecule has 0 aliphatic carbocycles. The predicted molar refractivity (Wildman–Crippen MR) is 88.2 cm³/mol. The number of thioether (sulfide) groups is 1. The minimum atomic E-state index is -0.0443. The average Bonchev–Trinajstić information content (AvgIpc) is 2.84. The van der Waals surface area contributed by atoms with Gasteiger partial charge in [0.25, 0.3) is 5.91 Å². The Kier molecular flexibility index (Phi) is 6.03. The lowest BCUT2D eigenvalue weighted by Crippen LogP contribution is -2.30. The van der Waals surface area contributed by atoms with Crippen LogP contribution in [0.5, 0.6) is 0 Å². The first-order chi connectivity index (χ1) is 10.6. The molecule has 2 rings (SSSR count). The van der Waals surface area contributed by atoms with E-state index >= 15 is 0 Å². The van der Waals surface area contributed by atoms with Crippen molar-refractivity contribution in [2.24, 2.45) is 0 Å². The molecule has 0 saturated carbocycles. The Labute approximate surface area is 134 Å². The van der Waals surface area contributed by atoms with E-state index in [-0.39, 0.29) is 5.91 Å². The van der Waals surface area contributed by atoms with Crippen LogP contribution < -0.4 is 10.6 Å². The highest BCUT2D eigenvalue weighted by Crippen LogP contribution is 2.28. The van der Waals surface area contributed by atoms with Gasteiger partial charge in [-0.25, -0.2) is 0 Å². The van der Waals surface area contributed by atoms with E-state index in [2.05, 4.69) is 15.8 Å². The van der Waals surface area contributed by atoms with Crippen LogP contribution in [0, 0.1) is 13.8 Å². The summed E-state index contributed by atoms with van der Waals surface area (Å²) in [4.78, 5) is 13.2. The Morgan fingerprint density at radius 2 is 2.05 bits per heavy atom. The van der Waals surface area contributed by atoms with Crippen molar-refractivity contribution >= 4 is 17.7 Å². The molecule has 0 aliphatic heterocycles. The van der Waals surface area contributed by atoms with E-state index in [0.717, 1.165) is 34.2 Å². The maximum absolute atomic E-state index is 12.3. The second-order valence-electron chi connectivity index (χ2n) is 4.95. The molecule has 6 heteroatoms. The van der Waals surface area contributed by atoms with Gasteiger partial charge in [0, 0.05) is 29.3 Å². The predicted octanol–water partition coefficient (Wildman–Crippen LogP) is 2.53. The first kappa shape index (κ1) is 16.6. The summed E-state index contributed by atoms with van der Waals surface area (Å²) in [6.07, 6.45) is 0. The van der Waals surface area contributed by atoms with Crippen molar-refractivity contribution < 1.29 is 9.32 Å². The summed E-state index contributed by atoms with van der Waals surface area (Å²) in [5.74, 6) is 1.53. The highest BCUT2D eigenvalue weighted by molar-refractivity contribution is 7.98. The van der Waals surface area contributed by atoms with Crippen molar-refractivity contribution in [1.82, 2.24) is 15.8 Å². The summed E-state index contributed by atoms with van der Waals surface area (Å²) in [6.45, 7) is 5.20. The maximum atomic E-state index is 12.3. The number of carbonyl (C=O) groups is 1. The number of rotatable bonds is 7. The first-order valence-corrected chi connectivity index (χ1v) is 8.18. The number of aromatic nitrogens is 1. The summed E-state index contributed by atoms with van der Waals surface area (Å²) >= 11 is 1.62. The Bertz CT molecular complexity index is 621. The quantitative estimate of drug-likeness (QED) is 0.606. The number of carbonyl (C=O) groups excluding carboxylic acids is 1. The fourth-order valence-electron chi connectivity index (χ4n) is 2.03. The zero-order valence-corrected chi connectivity index (χ0v) is 13.9. The SMILES string of the molecule is CNCCNC(=O)c1ccccc1SCc1c(C)noc1C. The molecule has 0 aliphatic rings. The van der Waals surface area contributed by atoms with Crippen LogP contribution >= 0.6 is 11.8 Å². The summed E-state index contributed by atoms with van der Waals surface area (Å²) in [7, 11) is 1.86. The van der Waals surface area contributed by atoms with Gasteiger partial charge in [0.1, 0.15) is 5.76 Å². The number of aryl methyl sites for hydroxylation is 2. The molecule has 1 heterocycles. The zero-order chi connectivity index (χ0) is 15.9. The molecule has 0 bridgehead atoms. The van der Waals surface area contributed by atoms with E-state index in [0.29, 0.717) is 12.1 Å². The number of benzene rings is 1. The van der Waals surface area contributed by atoms with Gasteiger partial charge in [0.2, 0.25) is 0 Å². The molecular weight excluding hydrogens is 298 g/mol. The number of likely N-dealkylation sites (N-methyl/N-ethyl adjacent to an activating group) is 1. The first-order valence-electron chi connectivity index (χ1n) is 7.20. The van der Waals surface area contributed by atoms with Gasteiger partial charge in [-0.05, 0) is 33.0 Å². The van der Waals surface area contributed by atoms with E-state index in [1.54, 1.807) is 11.8 Å². The molecular formula is C16H21N3O2S. The smallest absolute Gasteiger partial charge is 0.252 e. The number of amides is 1. The Balaban J connectivity index is 2.06. The third-order valence-electron chi connectivity index (χ3n) is 3.35. The molecule has 2 aromatic rings. The fourth-order valence-corrected chi connectivity index (χ4v) is 3.24. The van der Waals surface area contributed by atoms with Crippen molar-refractivity contribution in [3.05, 3.63) is 46.8 Å². The number of hydrogen-bond donors (Lipinski definition) is 2. The lowest BCUT2D eigenvalue weighted by Gasteiger charge is -2.09. The molecule has 0 radical (unpaired) electrons. The second-order valence-corrected chi connectivity index (χ2v) is 5.96. The monoisotopic (exact) mass is 319 g/mol. The average molecular weight is 319 g/mol. The highest BCUT2D eigenvalue weighted by atomic mass is 32.2. The molecule has 0 spiro atoms. The molecule has 1 aromatic carbocycles. The minimum Gasteiger partial charge on any atom is -0.361 e. The van der Waals surface area contributed by atoms with Crippen molar-refractivity contribution in [1.29, 1.82) is 0 Å². The Morgan fingerprint density at radius 3 is 2.73 bits per heavy atom. The third kappa shape index (κ3) is 4.11. The van der Waals surface area contributed by atoms with Gasteiger partial charge in [0.15, 0.2) is 0 Å². The van der Waals surface area contributed by atoms with Crippen LogP contribution in [0.1, 0.15) is 27.4 Å². The summed E-state index contributed by atoms with van der Waals surface area (Å²) in [5.41, 5.74) is 2.70. The van der Waals surface area contributed by atoms with Gasteiger partial charge in [-0.1, -0.05) is 17.3 Å². The normalized spacial score (nSPS) is 10.7. The van der Waals surface area contributed by atoms with E-state index in [1.165, 1.54) is 0 Å². The fraction of sp³-hybridized carbons (Fsp3) is 0.375.